The van der Waals surface area contributed by atoms with E-state index < -0.39 is 0 Å². The Morgan fingerprint density at radius 3 is 1.52 bits per heavy atom. The highest BCUT2D eigenvalue weighted by Gasteiger charge is 2.17. The van der Waals surface area contributed by atoms with E-state index >= 15 is 0 Å². The van der Waals surface area contributed by atoms with Crippen LogP contribution in [0.1, 0.15) is 17.5 Å². The van der Waals surface area contributed by atoms with Crippen molar-refractivity contribution in [1.29, 1.82) is 0 Å². The Kier molecular flexibility index (Phi) is 5.36. The summed E-state index contributed by atoms with van der Waals surface area (Å²) in [6.07, 6.45) is 1.02. The summed E-state index contributed by atoms with van der Waals surface area (Å²) < 4.78 is 27.6. The van der Waals surface area contributed by atoms with Gasteiger partial charge in [-0.15, -0.1) is 0 Å². The average molecular weight is 316 g/mol. The third kappa shape index (κ3) is 4.36. The minimum Gasteiger partial charge on any atom is -0.298 e. The molecule has 2 aromatic carbocycles. The Hall–Kier alpha value is -1.78. The lowest BCUT2D eigenvalue weighted by molar-refractivity contribution is 0.243. The highest BCUT2D eigenvalue weighted by molar-refractivity contribution is 5.18. The number of hydrogen-bond donors (Lipinski definition) is 0. The van der Waals surface area contributed by atoms with Gasteiger partial charge in [0.05, 0.1) is 0 Å². The zero-order chi connectivity index (χ0) is 16.1. The van der Waals surface area contributed by atoms with Crippen molar-refractivity contribution in [3.63, 3.8) is 0 Å². The molecule has 0 unspecified atom stereocenters. The van der Waals surface area contributed by atoms with E-state index in [0.29, 0.717) is 13.1 Å². The molecule has 0 amide bonds. The van der Waals surface area contributed by atoms with Crippen LogP contribution >= 0.6 is 0 Å². The molecule has 1 aliphatic heterocycles. The molecule has 4 heteroatoms. The van der Waals surface area contributed by atoms with Gasteiger partial charge >= 0.3 is 0 Å². The number of benzene rings is 2. The van der Waals surface area contributed by atoms with Crippen LogP contribution < -0.4 is 0 Å². The molecular formula is C19H22F2N2. The van der Waals surface area contributed by atoms with Crippen molar-refractivity contribution in [2.24, 2.45) is 0 Å². The predicted octanol–water partition coefficient (Wildman–Crippen LogP) is 3.67. The maximum absolute atomic E-state index is 13.8. The maximum atomic E-state index is 13.8. The number of nitrogens with zero attached hydrogens (tertiary/aromatic N) is 2. The second-order valence-corrected chi connectivity index (χ2v) is 6.09. The Labute approximate surface area is 136 Å². The third-order valence-electron chi connectivity index (χ3n) is 4.38. The van der Waals surface area contributed by atoms with E-state index in [1.807, 2.05) is 24.3 Å². The molecule has 2 aromatic rings. The first kappa shape index (κ1) is 16.1. The zero-order valence-electron chi connectivity index (χ0n) is 13.2. The molecule has 3 rings (SSSR count). The first-order valence-electron chi connectivity index (χ1n) is 8.14. The van der Waals surface area contributed by atoms with Crippen LogP contribution in [0.4, 0.5) is 8.78 Å². The standard InChI is InChI=1S/C19H22F2N2/c20-18-8-3-1-6-16(18)14-22-10-5-11-23(13-12-22)15-17-7-2-4-9-19(17)21/h1-4,6-9H,5,10-15H2. The number of rotatable bonds is 4. The summed E-state index contributed by atoms with van der Waals surface area (Å²) in [6, 6.07) is 13.9. The molecule has 1 saturated heterocycles. The molecule has 122 valence electrons. The number of hydrogen-bond acceptors (Lipinski definition) is 2. The molecule has 0 aliphatic carbocycles. The highest BCUT2D eigenvalue weighted by Crippen LogP contribution is 2.15. The van der Waals surface area contributed by atoms with E-state index in [0.717, 1.165) is 43.7 Å². The molecule has 0 aromatic heterocycles. The highest BCUT2D eigenvalue weighted by atomic mass is 19.1. The predicted molar refractivity (Wildman–Crippen MR) is 88.0 cm³/mol. The minimum absolute atomic E-state index is 0.139. The van der Waals surface area contributed by atoms with E-state index in [1.165, 1.54) is 12.1 Å². The zero-order valence-corrected chi connectivity index (χ0v) is 13.2. The Morgan fingerprint density at radius 2 is 1.09 bits per heavy atom. The van der Waals surface area contributed by atoms with Crippen LogP contribution in [0, 0.1) is 11.6 Å². The molecule has 2 nitrogen and oxygen atoms in total. The topological polar surface area (TPSA) is 6.48 Å². The summed E-state index contributed by atoms with van der Waals surface area (Å²) in [5.41, 5.74) is 1.49. The quantitative estimate of drug-likeness (QED) is 0.849. The Balaban J connectivity index is 1.57. The van der Waals surface area contributed by atoms with Crippen molar-refractivity contribution in [3.8, 4) is 0 Å². The van der Waals surface area contributed by atoms with Gasteiger partial charge in [0, 0.05) is 37.3 Å². The summed E-state index contributed by atoms with van der Waals surface area (Å²) in [6.45, 7) is 4.93. The minimum atomic E-state index is -0.139. The van der Waals surface area contributed by atoms with Gasteiger partial charge in [-0.05, 0) is 31.6 Å². The van der Waals surface area contributed by atoms with Gasteiger partial charge in [0.25, 0.3) is 0 Å². The van der Waals surface area contributed by atoms with Crippen LogP contribution in [0.25, 0.3) is 0 Å². The first-order valence-corrected chi connectivity index (χ1v) is 8.14. The van der Waals surface area contributed by atoms with Crippen molar-refractivity contribution >= 4 is 0 Å². The van der Waals surface area contributed by atoms with Crippen molar-refractivity contribution in [3.05, 3.63) is 71.3 Å². The van der Waals surface area contributed by atoms with Crippen LogP contribution in [-0.4, -0.2) is 36.0 Å². The molecule has 1 heterocycles. The molecular weight excluding hydrogens is 294 g/mol. The summed E-state index contributed by atoms with van der Waals surface area (Å²) in [5, 5.41) is 0. The molecule has 0 saturated carbocycles. The van der Waals surface area contributed by atoms with Gasteiger partial charge in [-0.2, -0.15) is 0 Å². The lowest BCUT2D eigenvalue weighted by Gasteiger charge is -2.22. The summed E-state index contributed by atoms with van der Waals surface area (Å²) in [7, 11) is 0. The van der Waals surface area contributed by atoms with Crippen LogP contribution in [0.15, 0.2) is 48.5 Å². The largest absolute Gasteiger partial charge is 0.298 e. The van der Waals surface area contributed by atoms with Gasteiger partial charge in [-0.3, -0.25) is 9.80 Å². The van der Waals surface area contributed by atoms with E-state index in [-0.39, 0.29) is 11.6 Å². The third-order valence-corrected chi connectivity index (χ3v) is 4.38. The molecule has 0 atom stereocenters. The lowest BCUT2D eigenvalue weighted by atomic mass is 10.2. The molecule has 1 aliphatic rings. The second-order valence-electron chi connectivity index (χ2n) is 6.09. The molecule has 0 bridgehead atoms. The van der Waals surface area contributed by atoms with Gasteiger partial charge in [0.2, 0.25) is 0 Å². The molecule has 1 fully saturated rings. The average Bonchev–Trinajstić information content (AvgIpc) is 2.77. The monoisotopic (exact) mass is 316 g/mol. The summed E-state index contributed by atoms with van der Waals surface area (Å²) >= 11 is 0. The molecule has 0 spiro atoms. The summed E-state index contributed by atoms with van der Waals surface area (Å²) in [5.74, 6) is -0.278. The van der Waals surface area contributed by atoms with Gasteiger partial charge in [0.15, 0.2) is 0 Å². The van der Waals surface area contributed by atoms with E-state index in [9.17, 15) is 8.78 Å². The molecule has 0 N–H and O–H groups in total. The van der Waals surface area contributed by atoms with Gasteiger partial charge < -0.3 is 0 Å². The van der Waals surface area contributed by atoms with Crippen LogP contribution in [0.3, 0.4) is 0 Å². The Bertz CT molecular complexity index is 589. The van der Waals surface area contributed by atoms with Crippen LogP contribution in [0.2, 0.25) is 0 Å². The molecule has 23 heavy (non-hydrogen) atoms. The van der Waals surface area contributed by atoms with Crippen molar-refractivity contribution < 1.29 is 8.78 Å². The van der Waals surface area contributed by atoms with Gasteiger partial charge in [0.1, 0.15) is 11.6 Å². The van der Waals surface area contributed by atoms with E-state index in [4.69, 9.17) is 0 Å². The van der Waals surface area contributed by atoms with Crippen molar-refractivity contribution in [2.45, 2.75) is 19.5 Å². The van der Waals surface area contributed by atoms with E-state index in [1.54, 1.807) is 12.1 Å². The Morgan fingerprint density at radius 1 is 0.652 bits per heavy atom. The smallest absolute Gasteiger partial charge is 0.127 e. The first-order chi connectivity index (χ1) is 11.2. The second kappa shape index (κ2) is 7.66. The van der Waals surface area contributed by atoms with Gasteiger partial charge in [-0.25, -0.2) is 8.78 Å². The lowest BCUT2D eigenvalue weighted by Crippen LogP contribution is -2.30. The van der Waals surface area contributed by atoms with Crippen molar-refractivity contribution in [1.82, 2.24) is 9.80 Å². The van der Waals surface area contributed by atoms with Crippen LogP contribution in [-0.2, 0) is 13.1 Å². The molecule has 0 radical (unpaired) electrons. The van der Waals surface area contributed by atoms with E-state index in [2.05, 4.69) is 9.80 Å². The van der Waals surface area contributed by atoms with Crippen molar-refractivity contribution in [2.75, 3.05) is 26.2 Å². The number of halogens is 2. The fourth-order valence-corrected chi connectivity index (χ4v) is 3.08. The maximum Gasteiger partial charge on any atom is 0.127 e. The fraction of sp³-hybridized carbons (Fsp3) is 0.368. The normalized spacial score (nSPS) is 17.1. The van der Waals surface area contributed by atoms with Crippen LogP contribution in [0.5, 0.6) is 0 Å². The SMILES string of the molecule is Fc1ccccc1CN1CCCN(Cc2ccccc2F)CC1. The fourth-order valence-electron chi connectivity index (χ4n) is 3.08. The summed E-state index contributed by atoms with van der Waals surface area (Å²) in [4.78, 5) is 4.56. The van der Waals surface area contributed by atoms with Gasteiger partial charge in [-0.1, -0.05) is 36.4 Å².